The number of fused-ring (bicyclic) bond motifs is 2. The molecule has 0 radical (unpaired) electrons. The van der Waals surface area contributed by atoms with Gasteiger partial charge in [0.1, 0.15) is 0 Å². The zero-order valence-corrected chi connectivity index (χ0v) is 19.4. The number of hydrogen-bond acceptors (Lipinski definition) is 4. The van der Waals surface area contributed by atoms with Crippen LogP contribution in [0.1, 0.15) is 16.8 Å². The minimum absolute atomic E-state index is 0. The number of para-hydroxylation sites is 1. The van der Waals surface area contributed by atoms with E-state index in [0.29, 0.717) is 12.1 Å². The van der Waals surface area contributed by atoms with Crippen molar-refractivity contribution in [3.63, 3.8) is 0 Å². The fraction of sp³-hybridized carbons (Fsp3) is 0.238. The average molecular weight is 494 g/mol. The molecule has 0 saturated carbocycles. The molecule has 0 fully saturated rings. The lowest BCUT2D eigenvalue weighted by Gasteiger charge is -2.20. The van der Waals surface area contributed by atoms with Gasteiger partial charge in [-0.2, -0.15) is 0 Å². The van der Waals surface area contributed by atoms with Crippen LogP contribution in [0.2, 0.25) is 0 Å². The number of thiazole rings is 1. The van der Waals surface area contributed by atoms with Crippen LogP contribution in [0.4, 0.5) is 5.13 Å². The second kappa shape index (κ2) is 9.26. The first-order valence-corrected chi connectivity index (χ1v) is 10.7. The third-order valence-electron chi connectivity index (χ3n) is 4.62. The summed E-state index contributed by atoms with van der Waals surface area (Å²) in [6.45, 7) is 1.53. The third-order valence-corrected chi connectivity index (χ3v) is 6.16. The Kier molecular flexibility index (Phi) is 6.95. The summed E-state index contributed by atoms with van der Waals surface area (Å²) in [5.74, 6) is -0.0191. The lowest BCUT2D eigenvalue weighted by molar-refractivity contribution is 0.0987. The second-order valence-electron chi connectivity index (χ2n) is 6.97. The molecule has 29 heavy (non-hydrogen) atoms. The largest absolute Gasteiger partial charge is 0.360 e. The van der Waals surface area contributed by atoms with Gasteiger partial charge in [0.25, 0.3) is 5.91 Å². The van der Waals surface area contributed by atoms with E-state index in [0.717, 1.165) is 43.7 Å². The van der Waals surface area contributed by atoms with Gasteiger partial charge in [0, 0.05) is 28.1 Å². The summed E-state index contributed by atoms with van der Waals surface area (Å²) in [6, 6.07) is 13.9. The summed E-state index contributed by atoms with van der Waals surface area (Å²) in [4.78, 5) is 25.4. The third kappa shape index (κ3) is 4.64. The highest BCUT2D eigenvalue weighted by Crippen LogP contribution is 2.32. The quantitative estimate of drug-likeness (QED) is 0.382. The maximum Gasteiger partial charge on any atom is 0.262 e. The van der Waals surface area contributed by atoms with Gasteiger partial charge in [0.15, 0.2) is 5.13 Å². The Balaban J connectivity index is 0.00000240. The van der Waals surface area contributed by atoms with Gasteiger partial charge in [-0.25, -0.2) is 4.98 Å². The predicted octanol–water partition coefficient (Wildman–Crippen LogP) is 5.56. The van der Waals surface area contributed by atoms with Gasteiger partial charge in [-0.05, 0) is 51.3 Å². The minimum atomic E-state index is -0.0191. The fourth-order valence-electron chi connectivity index (χ4n) is 3.22. The minimum Gasteiger partial charge on any atom is -0.360 e. The summed E-state index contributed by atoms with van der Waals surface area (Å²) in [7, 11) is 4.09. The lowest BCUT2D eigenvalue weighted by Crippen LogP contribution is -2.33. The summed E-state index contributed by atoms with van der Waals surface area (Å²) >= 11 is 5.06. The Morgan fingerprint density at radius 2 is 1.97 bits per heavy atom. The molecular weight excluding hydrogens is 472 g/mol. The molecule has 2 aromatic carbocycles. The Morgan fingerprint density at radius 1 is 1.17 bits per heavy atom. The van der Waals surface area contributed by atoms with Gasteiger partial charge < -0.3 is 9.88 Å². The van der Waals surface area contributed by atoms with Crippen molar-refractivity contribution in [2.45, 2.75) is 6.42 Å². The number of H-pyrrole nitrogens is 1. The molecule has 0 aliphatic heterocycles. The van der Waals surface area contributed by atoms with Gasteiger partial charge in [0.05, 0.1) is 15.8 Å². The number of amides is 1. The average Bonchev–Trinajstić information content (AvgIpc) is 3.28. The molecule has 5 nitrogen and oxygen atoms in total. The van der Waals surface area contributed by atoms with Crippen molar-refractivity contribution in [1.82, 2.24) is 14.9 Å². The van der Waals surface area contributed by atoms with Crippen LogP contribution in [0.15, 0.2) is 53.1 Å². The first-order valence-electron chi connectivity index (χ1n) is 9.12. The first kappa shape index (κ1) is 21.8. The molecule has 0 aliphatic carbocycles. The van der Waals surface area contributed by atoms with Crippen LogP contribution < -0.4 is 4.90 Å². The molecule has 4 rings (SSSR count). The van der Waals surface area contributed by atoms with E-state index in [1.54, 1.807) is 17.5 Å². The van der Waals surface area contributed by atoms with Gasteiger partial charge in [-0.3, -0.25) is 9.69 Å². The van der Waals surface area contributed by atoms with Crippen molar-refractivity contribution in [2.75, 3.05) is 32.1 Å². The Morgan fingerprint density at radius 3 is 2.76 bits per heavy atom. The van der Waals surface area contributed by atoms with Crippen molar-refractivity contribution in [1.29, 1.82) is 0 Å². The zero-order valence-electron chi connectivity index (χ0n) is 16.2. The zero-order chi connectivity index (χ0) is 19.7. The number of nitrogens with zero attached hydrogens (tertiary/aromatic N) is 3. The van der Waals surface area contributed by atoms with E-state index in [4.69, 9.17) is 4.98 Å². The SMILES string of the molecule is CN(C)CCCN(C(=O)c1c[nH]c2ccccc12)c1nc2ccc(Br)cc2s1.Cl. The maximum atomic E-state index is 13.5. The number of aromatic amines is 1. The molecule has 0 atom stereocenters. The predicted molar refractivity (Wildman–Crippen MR) is 128 cm³/mol. The number of halogens is 2. The number of nitrogens with one attached hydrogen (secondary N) is 1. The molecular formula is C21H22BrClN4OS. The van der Waals surface area contributed by atoms with E-state index < -0.39 is 0 Å². The summed E-state index contributed by atoms with van der Waals surface area (Å²) < 4.78 is 2.08. The van der Waals surface area contributed by atoms with Crippen LogP contribution in [0.5, 0.6) is 0 Å². The molecule has 4 aromatic rings. The molecule has 0 aliphatic rings. The number of hydrogen-bond donors (Lipinski definition) is 1. The monoisotopic (exact) mass is 492 g/mol. The number of rotatable bonds is 6. The van der Waals surface area contributed by atoms with Crippen molar-refractivity contribution in [3.05, 3.63) is 58.7 Å². The molecule has 1 N–H and O–H groups in total. The number of anilines is 1. The smallest absolute Gasteiger partial charge is 0.262 e. The lowest BCUT2D eigenvalue weighted by atomic mass is 10.1. The highest BCUT2D eigenvalue weighted by Gasteiger charge is 2.23. The molecule has 0 saturated heterocycles. The van der Waals surface area contributed by atoms with E-state index in [2.05, 4.69) is 25.8 Å². The Labute approximate surface area is 188 Å². The van der Waals surface area contributed by atoms with Gasteiger partial charge in [-0.15, -0.1) is 12.4 Å². The van der Waals surface area contributed by atoms with Crippen LogP contribution in [0, 0.1) is 0 Å². The standard InChI is InChI=1S/C21H21BrN4OS.ClH/c1-25(2)10-5-11-26(21-24-18-9-8-14(22)12-19(18)28-21)20(27)16-13-23-17-7-4-3-6-15(16)17;/h3-4,6-9,12-13,23H,5,10-11H2,1-2H3;1H. The number of aromatic nitrogens is 2. The summed E-state index contributed by atoms with van der Waals surface area (Å²) in [5.41, 5.74) is 2.56. The summed E-state index contributed by atoms with van der Waals surface area (Å²) in [5, 5.41) is 1.68. The molecule has 8 heteroatoms. The number of carbonyl (C=O) groups is 1. The van der Waals surface area contributed by atoms with E-state index in [9.17, 15) is 4.79 Å². The van der Waals surface area contributed by atoms with Gasteiger partial charge in [-0.1, -0.05) is 45.5 Å². The van der Waals surface area contributed by atoms with E-state index >= 15 is 0 Å². The Hall–Kier alpha value is -1.93. The highest BCUT2D eigenvalue weighted by molar-refractivity contribution is 9.10. The Bertz CT molecular complexity index is 1140. The van der Waals surface area contributed by atoms with Crippen LogP contribution in [0.3, 0.4) is 0 Å². The molecule has 0 spiro atoms. The van der Waals surface area contributed by atoms with Crippen LogP contribution in [0.25, 0.3) is 21.1 Å². The second-order valence-corrected chi connectivity index (χ2v) is 8.89. The van der Waals surface area contributed by atoms with E-state index in [-0.39, 0.29) is 18.3 Å². The fourth-order valence-corrected chi connectivity index (χ4v) is 4.77. The normalized spacial score (nSPS) is 11.2. The van der Waals surface area contributed by atoms with Crippen LogP contribution in [-0.2, 0) is 0 Å². The molecule has 152 valence electrons. The van der Waals surface area contributed by atoms with Crippen molar-refractivity contribution in [2.24, 2.45) is 0 Å². The topological polar surface area (TPSA) is 52.2 Å². The molecule has 2 aromatic heterocycles. The van der Waals surface area contributed by atoms with Crippen molar-refractivity contribution < 1.29 is 4.79 Å². The number of benzene rings is 2. The highest BCUT2D eigenvalue weighted by atomic mass is 79.9. The molecule has 0 unspecified atom stereocenters. The van der Waals surface area contributed by atoms with Gasteiger partial charge >= 0.3 is 0 Å². The van der Waals surface area contributed by atoms with E-state index in [1.807, 2.05) is 61.5 Å². The summed E-state index contributed by atoms with van der Waals surface area (Å²) in [6.07, 6.45) is 2.68. The van der Waals surface area contributed by atoms with Crippen molar-refractivity contribution >= 4 is 71.8 Å². The van der Waals surface area contributed by atoms with Crippen LogP contribution in [-0.4, -0.2) is 48.0 Å². The number of carbonyl (C=O) groups excluding carboxylic acids is 1. The van der Waals surface area contributed by atoms with Gasteiger partial charge in [0.2, 0.25) is 0 Å². The molecule has 0 bridgehead atoms. The molecule has 1 amide bonds. The molecule has 2 heterocycles. The first-order chi connectivity index (χ1) is 13.5. The maximum absolute atomic E-state index is 13.5. The van der Waals surface area contributed by atoms with E-state index in [1.165, 1.54) is 0 Å². The van der Waals surface area contributed by atoms with Crippen LogP contribution >= 0.6 is 39.7 Å². The van der Waals surface area contributed by atoms with Crippen molar-refractivity contribution in [3.8, 4) is 0 Å².